The Labute approximate surface area is 106 Å². The highest BCUT2D eigenvalue weighted by molar-refractivity contribution is 6.05. The average Bonchev–Trinajstić information content (AvgIpc) is 2.95. The predicted molar refractivity (Wildman–Crippen MR) is 65.6 cm³/mol. The minimum atomic E-state index is -0.401. The lowest BCUT2D eigenvalue weighted by molar-refractivity contribution is -0.141. The number of likely N-dealkylation sites (tertiary alicyclic amines) is 1. The third-order valence-electron chi connectivity index (χ3n) is 3.35. The fourth-order valence-corrected chi connectivity index (χ4v) is 2.09. The van der Waals surface area contributed by atoms with E-state index in [1.165, 1.54) is 4.90 Å². The highest BCUT2D eigenvalue weighted by Crippen LogP contribution is 2.18. The Kier molecular flexibility index (Phi) is 3.81. The second kappa shape index (κ2) is 5.35. The lowest BCUT2D eigenvalue weighted by Gasteiger charge is -2.21. The van der Waals surface area contributed by atoms with Crippen LogP contribution in [-0.4, -0.2) is 28.8 Å². The highest BCUT2D eigenvalue weighted by Gasteiger charge is 2.40. The second-order valence-corrected chi connectivity index (χ2v) is 4.63. The average molecular weight is 250 g/mol. The van der Waals surface area contributed by atoms with Gasteiger partial charge in [-0.15, -0.1) is 0 Å². The van der Waals surface area contributed by atoms with E-state index in [0.717, 1.165) is 12.0 Å². The van der Waals surface area contributed by atoms with Gasteiger partial charge in [-0.25, -0.2) is 0 Å². The van der Waals surface area contributed by atoms with Gasteiger partial charge in [0.2, 0.25) is 11.8 Å². The molecule has 2 heterocycles. The molecule has 18 heavy (non-hydrogen) atoms. The van der Waals surface area contributed by atoms with Crippen molar-refractivity contribution in [1.82, 2.24) is 10.2 Å². The zero-order chi connectivity index (χ0) is 13.1. The van der Waals surface area contributed by atoms with Crippen molar-refractivity contribution in [3.8, 4) is 0 Å². The van der Waals surface area contributed by atoms with Gasteiger partial charge in [-0.3, -0.25) is 14.5 Å². The van der Waals surface area contributed by atoms with Crippen molar-refractivity contribution in [3.05, 3.63) is 24.2 Å². The van der Waals surface area contributed by atoms with E-state index in [4.69, 9.17) is 4.42 Å². The van der Waals surface area contributed by atoms with Gasteiger partial charge in [0.25, 0.3) is 0 Å². The zero-order valence-corrected chi connectivity index (χ0v) is 10.7. The van der Waals surface area contributed by atoms with Crippen LogP contribution in [0.1, 0.15) is 32.3 Å². The summed E-state index contributed by atoms with van der Waals surface area (Å²) in [4.78, 5) is 25.3. The summed E-state index contributed by atoms with van der Waals surface area (Å²) in [5, 5.41) is 3.10. The molecule has 0 aromatic carbocycles. The molecule has 98 valence electrons. The molecule has 1 aromatic heterocycles. The monoisotopic (exact) mass is 250 g/mol. The Balaban J connectivity index is 1.95. The smallest absolute Gasteiger partial charge is 0.247 e. The Morgan fingerprint density at radius 2 is 2.33 bits per heavy atom. The molecule has 1 fully saturated rings. The molecule has 1 aromatic rings. The molecule has 1 saturated heterocycles. The van der Waals surface area contributed by atoms with Crippen LogP contribution in [0, 0.1) is 0 Å². The Morgan fingerprint density at radius 3 is 2.94 bits per heavy atom. The largest absolute Gasteiger partial charge is 0.472 e. The summed E-state index contributed by atoms with van der Waals surface area (Å²) in [6.45, 7) is 4.40. The molecule has 2 atom stereocenters. The van der Waals surface area contributed by atoms with Crippen LogP contribution in [0.25, 0.3) is 0 Å². The molecule has 1 aliphatic heterocycles. The van der Waals surface area contributed by atoms with Crippen molar-refractivity contribution in [2.24, 2.45) is 0 Å². The van der Waals surface area contributed by atoms with Crippen LogP contribution in [0.5, 0.6) is 0 Å². The number of amides is 2. The molecule has 0 radical (unpaired) electrons. The van der Waals surface area contributed by atoms with Crippen molar-refractivity contribution in [3.63, 3.8) is 0 Å². The van der Waals surface area contributed by atoms with Gasteiger partial charge in [0.05, 0.1) is 25.0 Å². The van der Waals surface area contributed by atoms with Gasteiger partial charge in [-0.05, 0) is 19.4 Å². The summed E-state index contributed by atoms with van der Waals surface area (Å²) in [6, 6.07) is 1.41. The lowest BCUT2D eigenvalue weighted by atomic mass is 10.2. The van der Waals surface area contributed by atoms with Crippen LogP contribution >= 0.6 is 0 Å². The van der Waals surface area contributed by atoms with Crippen LogP contribution < -0.4 is 5.32 Å². The quantitative estimate of drug-likeness (QED) is 0.800. The first-order valence-corrected chi connectivity index (χ1v) is 6.23. The summed E-state index contributed by atoms with van der Waals surface area (Å²) in [6.07, 6.45) is 4.25. The number of furan rings is 1. The van der Waals surface area contributed by atoms with Crippen molar-refractivity contribution in [1.29, 1.82) is 0 Å². The Hall–Kier alpha value is -1.62. The van der Waals surface area contributed by atoms with E-state index in [0.29, 0.717) is 6.54 Å². The molecule has 0 saturated carbocycles. The normalized spacial score (nSPS) is 21.7. The number of hydrogen-bond donors (Lipinski definition) is 1. The van der Waals surface area contributed by atoms with Crippen LogP contribution in [0.15, 0.2) is 23.0 Å². The van der Waals surface area contributed by atoms with Crippen LogP contribution in [0.4, 0.5) is 0 Å². The molecular formula is C13H18N2O3. The van der Waals surface area contributed by atoms with Crippen molar-refractivity contribution >= 4 is 11.8 Å². The van der Waals surface area contributed by atoms with E-state index in [-0.39, 0.29) is 24.3 Å². The first-order valence-electron chi connectivity index (χ1n) is 6.23. The van der Waals surface area contributed by atoms with E-state index >= 15 is 0 Å². The fourth-order valence-electron chi connectivity index (χ4n) is 2.09. The van der Waals surface area contributed by atoms with E-state index in [9.17, 15) is 9.59 Å². The highest BCUT2D eigenvalue weighted by atomic mass is 16.3. The molecule has 5 nitrogen and oxygen atoms in total. The third kappa shape index (κ3) is 2.46. The maximum absolute atomic E-state index is 12.1. The summed E-state index contributed by atoms with van der Waals surface area (Å²) < 4.78 is 4.95. The Morgan fingerprint density at radius 1 is 1.56 bits per heavy atom. The summed E-state index contributed by atoms with van der Waals surface area (Å²) in [7, 11) is 0. The molecule has 2 amide bonds. The minimum absolute atomic E-state index is 0.0225. The van der Waals surface area contributed by atoms with Crippen LogP contribution in [0.2, 0.25) is 0 Å². The fraction of sp³-hybridized carbons (Fsp3) is 0.538. The first-order chi connectivity index (χ1) is 8.63. The molecule has 0 spiro atoms. The zero-order valence-electron chi connectivity index (χ0n) is 10.7. The number of hydrogen-bond acceptors (Lipinski definition) is 4. The topological polar surface area (TPSA) is 62.6 Å². The molecule has 0 bridgehead atoms. The number of nitrogens with zero attached hydrogens (tertiary/aromatic N) is 1. The molecule has 1 N–H and O–H groups in total. The molecule has 0 aliphatic carbocycles. The third-order valence-corrected chi connectivity index (χ3v) is 3.35. The number of rotatable bonds is 5. The molecular weight excluding hydrogens is 232 g/mol. The van der Waals surface area contributed by atoms with Gasteiger partial charge >= 0.3 is 0 Å². The van der Waals surface area contributed by atoms with Gasteiger partial charge in [0, 0.05) is 18.2 Å². The van der Waals surface area contributed by atoms with Gasteiger partial charge in [-0.1, -0.05) is 6.92 Å². The molecule has 2 unspecified atom stereocenters. The lowest BCUT2D eigenvalue weighted by Crippen LogP contribution is -2.42. The van der Waals surface area contributed by atoms with E-state index in [1.54, 1.807) is 12.5 Å². The van der Waals surface area contributed by atoms with E-state index in [2.05, 4.69) is 5.32 Å². The summed E-state index contributed by atoms with van der Waals surface area (Å²) in [5.74, 6) is -0.197. The van der Waals surface area contributed by atoms with Gasteiger partial charge in [-0.2, -0.15) is 0 Å². The summed E-state index contributed by atoms with van der Waals surface area (Å²) >= 11 is 0. The maximum Gasteiger partial charge on any atom is 0.247 e. The van der Waals surface area contributed by atoms with Gasteiger partial charge in [0.1, 0.15) is 0 Å². The van der Waals surface area contributed by atoms with Crippen LogP contribution in [0.3, 0.4) is 0 Å². The molecule has 5 heteroatoms. The number of carbonyl (C=O) groups excluding carboxylic acids is 2. The Bertz CT molecular complexity index is 427. The molecule has 1 aliphatic rings. The number of nitrogens with one attached hydrogen (secondary N) is 1. The second-order valence-electron chi connectivity index (χ2n) is 4.63. The summed E-state index contributed by atoms with van der Waals surface area (Å²) in [5.41, 5.74) is 0.970. The number of imide groups is 1. The van der Waals surface area contributed by atoms with E-state index < -0.39 is 6.04 Å². The van der Waals surface area contributed by atoms with Crippen molar-refractivity contribution < 1.29 is 14.0 Å². The van der Waals surface area contributed by atoms with Crippen LogP contribution in [-0.2, 0) is 16.1 Å². The van der Waals surface area contributed by atoms with Gasteiger partial charge in [0.15, 0.2) is 0 Å². The van der Waals surface area contributed by atoms with E-state index in [1.807, 2.05) is 19.9 Å². The predicted octanol–water partition coefficient (Wildman–Crippen LogP) is 1.30. The van der Waals surface area contributed by atoms with Crippen molar-refractivity contribution in [2.45, 2.75) is 45.3 Å². The number of carbonyl (C=O) groups is 2. The SMILES string of the molecule is CCC(C)N1C(=O)CC(NCc2ccoc2)C1=O. The van der Waals surface area contributed by atoms with Crippen molar-refractivity contribution in [2.75, 3.05) is 0 Å². The molecule has 2 rings (SSSR count). The maximum atomic E-state index is 12.1. The minimum Gasteiger partial charge on any atom is -0.472 e. The standard InChI is InChI=1S/C13H18N2O3/c1-3-9(2)15-12(16)6-11(13(15)17)14-7-10-4-5-18-8-10/h4-5,8-9,11,14H,3,6-7H2,1-2H3. The first kappa shape index (κ1) is 12.8. The van der Waals surface area contributed by atoms with Gasteiger partial charge < -0.3 is 9.73 Å².